The molecule has 8 heteroatoms. The van der Waals surface area contributed by atoms with Crippen LogP contribution in [-0.4, -0.2) is 48.4 Å². The number of carbonyl (C=O) groups excluding carboxylic acids is 2. The lowest BCUT2D eigenvalue weighted by Gasteiger charge is -2.22. The summed E-state index contributed by atoms with van der Waals surface area (Å²) >= 11 is 5.26. The van der Waals surface area contributed by atoms with Gasteiger partial charge in [0.15, 0.2) is 5.17 Å². The van der Waals surface area contributed by atoms with Gasteiger partial charge in [-0.15, -0.1) is 0 Å². The first kappa shape index (κ1) is 13.7. The molecule has 7 nitrogen and oxygen atoms in total. The zero-order valence-corrected chi connectivity index (χ0v) is 8.65. The van der Waals surface area contributed by atoms with Crippen LogP contribution in [0.4, 0.5) is 0 Å². The number of Topliss-reactive ketones (excluding diaryl/α,β-unsaturated/α-hetero) is 1. The third-order valence-electron chi connectivity index (χ3n) is 1.51. The monoisotopic (exact) mass is 237 g/mol. The van der Waals surface area contributed by atoms with Crippen molar-refractivity contribution < 1.29 is 29.0 Å². The maximum Gasteiger partial charge on any atom is 0.373 e. The minimum atomic E-state index is -2.58. The highest BCUT2D eigenvalue weighted by atomic mass is 35.5. The molecule has 0 spiro atoms. The predicted molar refractivity (Wildman–Crippen MR) is 48.7 cm³/mol. The van der Waals surface area contributed by atoms with Gasteiger partial charge in [0.2, 0.25) is 6.41 Å². The second-order valence-electron chi connectivity index (χ2n) is 2.18. The van der Waals surface area contributed by atoms with Gasteiger partial charge < -0.3 is 14.6 Å². The molecule has 0 aliphatic carbocycles. The average molecular weight is 238 g/mol. The molecule has 0 bridgehead atoms. The van der Waals surface area contributed by atoms with Crippen LogP contribution in [0.1, 0.15) is 0 Å². The Labute approximate surface area is 89.6 Å². The van der Waals surface area contributed by atoms with E-state index in [9.17, 15) is 14.4 Å². The topological polar surface area (TPSA) is 102 Å². The number of aliphatic imine (C=N–C) groups is 1. The summed E-state index contributed by atoms with van der Waals surface area (Å²) in [6, 6.07) is 0. The molecule has 0 aromatic carbocycles. The second kappa shape index (κ2) is 5.54. The highest BCUT2D eigenvalue weighted by Crippen LogP contribution is 2.15. The molecule has 0 atom stereocenters. The van der Waals surface area contributed by atoms with E-state index in [4.69, 9.17) is 16.7 Å². The number of carboxylic acid groups (broad SMARTS) is 1. The van der Waals surface area contributed by atoms with E-state index in [-0.39, 0.29) is 6.41 Å². The maximum absolute atomic E-state index is 11.4. The van der Waals surface area contributed by atoms with Crippen LogP contribution in [0.3, 0.4) is 0 Å². The fraction of sp³-hybridized carbons (Fsp3) is 0.429. The van der Waals surface area contributed by atoms with E-state index in [1.165, 1.54) is 0 Å². The van der Waals surface area contributed by atoms with E-state index in [0.717, 1.165) is 14.2 Å². The first-order chi connectivity index (χ1) is 6.96. The highest BCUT2D eigenvalue weighted by molar-refractivity contribution is 6.84. The summed E-state index contributed by atoms with van der Waals surface area (Å²) in [6.07, 6.45) is -0.00182. The SMILES string of the molecule is COC(OC)(C(=O)O)C(=O)C(Cl)=NC=O. The van der Waals surface area contributed by atoms with E-state index < -0.39 is 22.7 Å². The number of carbonyl (C=O) groups is 3. The Morgan fingerprint density at radius 1 is 1.40 bits per heavy atom. The number of amides is 1. The quantitative estimate of drug-likeness (QED) is 0.287. The number of nitrogens with zero attached hydrogens (tertiary/aromatic N) is 1. The van der Waals surface area contributed by atoms with Gasteiger partial charge in [-0.25, -0.2) is 9.79 Å². The zero-order chi connectivity index (χ0) is 12.1. The van der Waals surface area contributed by atoms with Gasteiger partial charge in [0.1, 0.15) is 0 Å². The summed E-state index contributed by atoms with van der Waals surface area (Å²) in [5.74, 6) is -5.55. The average Bonchev–Trinajstić information content (AvgIpc) is 2.20. The van der Waals surface area contributed by atoms with Gasteiger partial charge in [-0.2, -0.15) is 0 Å². The number of halogens is 1. The molecule has 0 saturated carbocycles. The highest BCUT2D eigenvalue weighted by Gasteiger charge is 2.49. The summed E-state index contributed by atoms with van der Waals surface area (Å²) in [4.78, 5) is 35.0. The number of aliphatic carboxylic acids is 1. The third-order valence-corrected chi connectivity index (χ3v) is 1.78. The van der Waals surface area contributed by atoms with Crippen LogP contribution in [0.15, 0.2) is 4.99 Å². The number of hydrogen-bond acceptors (Lipinski definition) is 5. The van der Waals surface area contributed by atoms with E-state index in [1.54, 1.807) is 0 Å². The molecule has 0 aliphatic heterocycles. The van der Waals surface area contributed by atoms with Crippen molar-refractivity contribution >= 4 is 34.9 Å². The molecule has 0 radical (unpaired) electrons. The molecule has 15 heavy (non-hydrogen) atoms. The largest absolute Gasteiger partial charge is 0.477 e. The number of rotatable bonds is 6. The molecule has 0 saturated heterocycles. The number of methoxy groups -OCH3 is 2. The lowest BCUT2D eigenvalue weighted by Crippen LogP contribution is -2.52. The number of ether oxygens (including phenoxy) is 2. The van der Waals surface area contributed by atoms with Crippen LogP contribution in [-0.2, 0) is 23.9 Å². The van der Waals surface area contributed by atoms with Gasteiger partial charge in [0.05, 0.1) is 0 Å². The molecule has 0 aromatic rings. The summed E-state index contributed by atoms with van der Waals surface area (Å²) in [5.41, 5.74) is 0. The molecule has 0 rings (SSSR count). The van der Waals surface area contributed by atoms with Crippen molar-refractivity contribution in [3.8, 4) is 0 Å². The van der Waals surface area contributed by atoms with Gasteiger partial charge in [-0.3, -0.25) is 9.59 Å². The molecule has 1 amide bonds. The Hall–Kier alpha value is -1.31. The molecule has 0 aromatic heterocycles. The fourth-order valence-electron chi connectivity index (χ4n) is 0.781. The van der Waals surface area contributed by atoms with E-state index in [2.05, 4.69) is 14.5 Å². The normalized spacial score (nSPS) is 12.3. The number of ketones is 1. The smallest absolute Gasteiger partial charge is 0.373 e. The van der Waals surface area contributed by atoms with Crippen molar-refractivity contribution in [2.24, 2.45) is 4.99 Å². The van der Waals surface area contributed by atoms with Crippen LogP contribution in [0.5, 0.6) is 0 Å². The van der Waals surface area contributed by atoms with Crippen LogP contribution in [0.25, 0.3) is 0 Å². The van der Waals surface area contributed by atoms with Crippen LogP contribution in [0, 0.1) is 0 Å². The van der Waals surface area contributed by atoms with Gasteiger partial charge in [0.25, 0.3) is 5.78 Å². The minimum Gasteiger partial charge on any atom is -0.477 e. The number of carboxylic acids is 1. The Bertz CT molecular complexity index is 309. The molecular weight excluding hydrogens is 230 g/mol. The number of hydrogen-bond donors (Lipinski definition) is 1. The van der Waals surface area contributed by atoms with Crippen molar-refractivity contribution in [1.29, 1.82) is 0 Å². The molecule has 0 aliphatic rings. The van der Waals surface area contributed by atoms with E-state index >= 15 is 0 Å². The van der Waals surface area contributed by atoms with Gasteiger partial charge in [0, 0.05) is 14.2 Å². The van der Waals surface area contributed by atoms with Crippen LogP contribution in [0.2, 0.25) is 0 Å². The molecule has 0 unspecified atom stereocenters. The Balaban J connectivity index is 5.28. The minimum absolute atomic E-state index is 0.00182. The lowest BCUT2D eigenvalue weighted by atomic mass is 10.2. The molecule has 0 heterocycles. The van der Waals surface area contributed by atoms with Gasteiger partial charge in [-0.05, 0) is 0 Å². The summed E-state index contributed by atoms with van der Waals surface area (Å²) in [6.45, 7) is 0. The van der Waals surface area contributed by atoms with Crippen molar-refractivity contribution in [3.05, 3.63) is 0 Å². The van der Waals surface area contributed by atoms with Crippen molar-refractivity contribution in [1.82, 2.24) is 0 Å². The lowest BCUT2D eigenvalue weighted by molar-refractivity contribution is -0.217. The summed E-state index contributed by atoms with van der Waals surface area (Å²) in [5, 5.41) is 7.90. The second-order valence-corrected chi connectivity index (χ2v) is 2.54. The van der Waals surface area contributed by atoms with Crippen LogP contribution >= 0.6 is 11.6 Å². The Morgan fingerprint density at radius 3 is 2.13 bits per heavy atom. The van der Waals surface area contributed by atoms with Crippen molar-refractivity contribution in [2.75, 3.05) is 14.2 Å². The fourth-order valence-corrected chi connectivity index (χ4v) is 0.945. The van der Waals surface area contributed by atoms with Crippen molar-refractivity contribution in [2.45, 2.75) is 5.79 Å². The van der Waals surface area contributed by atoms with Crippen molar-refractivity contribution in [3.63, 3.8) is 0 Å². The first-order valence-corrected chi connectivity index (χ1v) is 3.89. The standard InChI is InChI=1S/C7H8ClNO6/c1-14-7(15-2,6(12)13)4(11)5(8)9-3-10/h3H,1-2H3,(H,12,13). The summed E-state index contributed by atoms with van der Waals surface area (Å²) < 4.78 is 8.85. The molecular formula is C7H8ClNO6. The maximum atomic E-state index is 11.4. The van der Waals surface area contributed by atoms with Gasteiger partial charge >= 0.3 is 11.8 Å². The van der Waals surface area contributed by atoms with E-state index in [1.807, 2.05) is 0 Å². The predicted octanol–water partition coefficient (Wildman–Crippen LogP) is -0.577. The molecule has 1 N–H and O–H groups in total. The zero-order valence-electron chi connectivity index (χ0n) is 7.89. The Morgan fingerprint density at radius 2 is 1.87 bits per heavy atom. The Kier molecular flexibility index (Phi) is 5.06. The van der Waals surface area contributed by atoms with Gasteiger partial charge in [-0.1, -0.05) is 11.6 Å². The molecule has 0 fully saturated rings. The van der Waals surface area contributed by atoms with Crippen LogP contribution < -0.4 is 0 Å². The van der Waals surface area contributed by atoms with E-state index in [0.29, 0.717) is 0 Å². The molecule has 84 valence electrons. The first-order valence-electron chi connectivity index (χ1n) is 3.51. The third kappa shape index (κ3) is 2.58. The summed E-state index contributed by atoms with van der Waals surface area (Å²) in [7, 11) is 1.89.